The van der Waals surface area contributed by atoms with Crippen LogP contribution >= 0.6 is 0 Å². The number of methoxy groups -OCH3 is 1. The highest BCUT2D eigenvalue weighted by Gasteiger charge is 2.22. The Kier molecular flexibility index (Phi) is 4.99. The summed E-state index contributed by atoms with van der Waals surface area (Å²) in [5.74, 6) is -0.335. The Bertz CT molecular complexity index is 893. The van der Waals surface area contributed by atoms with Crippen LogP contribution in [0.5, 0.6) is 0 Å². The standard InChI is InChI=1S/C19H18N2O4/c1-24-19(23)17(21-18(22)9-8-14-5-4-10-25-14)11-13-12-20-16-7-3-2-6-15(13)16/h2-10,12,17,20H,11H2,1H3,(H,21,22)/b9-8+. The summed E-state index contributed by atoms with van der Waals surface area (Å²) in [4.78, 5) is 27.3. The van der Waals surface area contributed by atoms with Crippen molar-refractivity contribution in [2.75, 3.05) is 7.11 Å². The number of aromatic amines is 1. The molecule has 0 spiro atoms. The molecule has 1 aromatic carbocycles. The number of carbonyl (C=O) groups is 2. The van der Waals surface area contributed by atoms with Gasteiger partial charge in [-0.05, 0) is 29.8 Å². The van der Waals surface area contributed by atoms with E-state index in [2.05, 4.69) is 10.3 Å². The molecule has 6 heteroatoms. The largest absolute Gasteiger partial charge is 0.467 e. The van der Waals surface area contributed by atoms with Crippen LogP contribution in [0.15, 0.2) is 59.4 Å². The molecule has 128 valence electrons. The second-order valence-electron chi connectivity index (χ2n) is 5.50. The molecule has 6 nitrogen and oxygen atoms in total. The monoisotopic (exact) mass is 338 g/mol. The molecule has 1 amide bonds. The summed E-state index contributed by atoms with van der Waals surface area (Å²) in [6.07, 6.45) is 6.55. The topological polar surface area (TPSA) is 84.3 Å². The third-order valence-electron chi connectivity index (χ3n) is 3.84. The summed E-state index contributed by atoms with van der Waals surface area (Å²) >= 11 is 0. The number of aromatic nitrogens is 1. The number of benzene rings is 1. The van der Waals surface area contributed by atoms with Gasteiger partial charge in [-0.15, -0.1) is 0 Å². The summed E-state index contributed by atoms with van der Waals surface area (Å²) in [6.45, 7) is 0. The smallest absolute Gasteiger partial charge is 0.328 e. The van der Waals surface area contributed by atoms with E-state index in [0.29, 0.717) is 12.2 Å². The second kappa shape index (κ2) is 7.53. The van der Waals surface area contributed by atoms with Crippen LogP contribution in [0, 0.1) is 0 Å². The average molecular weight is 338 g/mol. The lowest BCUT2D eigenvalue weighted by molar-refractivity contribution is -0.144. The van der Waals surface area contributed by atoms with Gasteiger partial charge >= 0.3 is 5.97 Å². The Morgan fingerprint density at radius 3 is 2.88 bits per heavy atom. The van der Waals surface area contributed by atoms with Crippen molar-refractivity contribution in [3.63, 3.8) is 0 Å². The van der Waals surface area contributed by atoms with Crippen molar-refractivity contribution < 1.29 is 18.7 Å². The van der Waals surface area contributed by atoms with Crippen LogP contribution in [-0.4, -0.2) is 30.0 Å². The molecule has 2 N–H and O–H groups in total. The summed E-state index contributed by atoms with van der Waals surface area (Å²) in [7, 11) is 1.30. The minimum atomic E-state index is -0.780. The Morgan fingerprint density at radius 2 is 2.12 bits per heavy atom. The molecule has 1 unspecified atom stereocenters. The lowest BCUT2D eigenvalue weighted by atomic mass is 10.0. The van der Waals surface area contributed by atoms with E-state index in [1.54, 1.807) is 12.1 Å². The summed E-state index contributed by atoms with van der Waals surface area (Å²) < 4.78 is 9.95. The third kappa shape index (κ3) is 3.98. The van der Waals surface area contributed by atoms with Crippen molar-refractivity contribution in [2.45, 2.75) is 12.5 Å². The van der Waals surface area contributed by atoms with Gasteiger partial charge in [0.2, 0.25) is 5.91 Å². The van der Waals surface area contributed by atoms with Crippen LogP contribution in [0.1, 0.15) is 11.3 Å². The number of furan rings is 1. The molecule has 2 heterocycles. The molecular formula is C19H18N2O4. The predicted octanol–water partition coefficient (Wildman–Crippen LogP) is 2.67. The normalized spacial score (nSPS) is 12.4. The maximum Gasteiger partial charge on any atom is 0.328 e. The number of fused-ring (bicyclic) bond motifs is 1. The van der Waals surface area contributed by atoms with Crippen LogP contribution < -0.4 is 5.32 Å². The fourth-order valence-corrected chi connectivity index (χ4v) is 2.62. The van der Waals surface area contributed by atoms with Crippen molar-refractivity contribution in [3.05, 3.63) is 66.3 Å². The van der Waals surface area contributed by atoms with Gasteiger partial charge in [-0.1, -0.05) is 18.2 Å². The molecule has 0 aliphatic heterocycles. The lowest BCUT2D eigenvalue weighted by Gasteiger charge is -2.15. The quantitative estimate of drug-likeness (QED) is 0.534. The van der Waals surface area contributed by atoms with Gasteiger partial charge in [0, 0.05) is 29.6 Å². The van der Waals surface area contributed by atoms with E-state index in [0.717, 1.165) is 16.5 Å². The highest BCUT2D eigenvalue weighted by Crippen LogP contribution is 2.19. The minimum absolute atomic E-state index is 0.330. The maximum atomic E-state index is 12.1. The van der Waals surface area contributed by atoms with Gasteiger partial charge in [0.1, 0.15) is 11.8 Å². The van der Waals surface area contributed by atoms with Gasteiger partial charge in [0.05, 0.1) is 13.4 Å². The van der Waals surface area contributed by atoms with Crippen LogP contribution in [-0.2, 0) is 20.7 Å². The van der Waals surface area contributed by atoms with Gasteiger partial charge in [-0.25, -0.2) is 4.79 Å². The molecule has 0 saturated heterocycles. The van der Waals surface area contributed by atoms with Gasteiger partial charge in [-0.3, -0.25) is 4.79 Å². The maximum absolute atomic E-state index is 12.1. The van der Waals surface area contributed by atoms with Crippen molar-refractivity contribution in [3.8, 4) is 0 Å². The zero-order chi connectivity index (χ0) is 17.6. The highest BCUT2D eigenvalue weighted by atomic mass is 16.5. The van der Waals surface area contributed by atoms with Crippen LogP contribution in [0.2, 0.25) is 0 Å². The molecule has 2 aromatic heterocycles. The van der Waals surface area contributed by atoms with E-state index in [4.69, 9.17) is 9.15 Å². The number of amides is 1. The first-order chi connectivity index (χ1) is 12.2. The summed E-state index contributed by atoms with van der Waals surface area (Å²) in [5, 5.41) is 3.69. The zero-order valence-corrected chi connectivity index (χ0v) is 13.7. The number of esters is 1. The fourth-order valence-electron chi connectivity index (χ4n) is 2.62. The number of hydrogen-bond acceptors (Lipinski definition) is 4. The minimum Gasteiger partial charge on any atom is -0.467 e. The van der Waals surface area contributed by atoms with E-state index >= 15 is 0 Å². The van der Waals surface area contributed by atoms with E-state index in [9.17, 15) is 9.59 Å². The number of ether oxygens (including phenoxy) is 1. The van der Waals surface area contributed by atoms with Crippen LogP contribution in [0.4, 0.5) is 0 Å². The molecule has 0 bridgehead atoms. The Hall–Kier alpha value is -3.28. The first kappa shape index (κ1) is 16.6. The summed E-state index contributed by atoms with van der Waals surface area (Å²) in [6, 6.07) is 10.5. The first-order valence-electron chi connectivity index (χ1n) is 7.82. The molecule has 0 aliphatic carbocycles. The van der Waals surface area contributed by atoms with Crippen molar-refractivity contribution in [1.82, 2.24) is 10.3 Å². The van der Waals surface area contributed by atoms with E-state index in [1.807, 2.05) is 30.5 Å². The van der Waals surface area contributed by atoms with E-state index in [1.165, 1.54) is 25.5 Å². The van der Waals surface area contributed by atoms with Gasteiger partial charge in [-0.2, -0.15) is 0 Å². The number of carbonyl (C=O) groups excluding carboxylic acids is 2. The van der Waals surface area contributed by atoms with Gasteiger partial charge < -0.3 is 19.5 Å². The molecular weight excluding hydrogens is 320 g/mol. The van der Waals surface area contributed by atoms with Crippen molar-refractivity contribution in [2.24, 2.45) is 0 Å². The number of rotatable bonds is 6. The van der Waals surface area contributed by atoms with Crippen molar-refractivity contribution >= 4 is 28.9 Å². The van der Waals surface area contributed by atoms with Gasteiger partial charge in [0.15, 0.2) is 0 Å². The fraction of sp³-hybridized carbons (Fsp3) is 0.158. The average Bonchev–Trinajstić information content (AvgIpc) is 3.29. The second-order valence-corrected chi connectivity index (χ2v) is 5.50. The van der Waals surface area contributed by atoms with Gasteiger partial charge in [0.25, 0.3) is 0 Å². The summed E-state index contributed by atoms with van der Waals surface area (Å²) in [5.41, 5.74) is 1.91. The molecule has 0 aliphatic rings. The Labute approximate surface area is 144 Å². The number of nitrogens with one attached hydrogen (secondary N) is 2. The van der Waals surface area contributed by atoms with Crippen molar-refractivity contribution in [1.29, 1.82) is 0 Å². The predicted molar refractivity (Wildman–Crippen MR) is 93.7 cm³/mol. The zero-order valence-electron chi connectivity index (χ0n) is 13.7. The molecule has 1 atom stereocenters. The van der Waals surface area contributed by atoms with E-state index < -0.39 is 17.9 Å². The molecule has 0 fully saturated rings. The number of H-pyrrole nitrogens is 1. The van der Waals surface area contributed by atoms with E-state index in [-0.39, 0.29) is 0 Å². The first-order valence-corrected chi connectivity index (χ1v) is 7.82. The Morgan fingerprint density at radius 1 is 1.28 bits per heavy atom. The highest BCUT2D eigenvalue weighted by molar-refractivity contribution is 5.94. The molecule has 0 saturated carbocycles. The third-order valence-corrected chi connectivity index (χ3v) is 3.84. The Balaban J connectivity index is 1.73. The van der Waals surface area contributed by atoms with Crippen LogP contribution in [0.3, 0.4) is 0 Å². The lowest BCUT2D eigenvalue weighted by Crippen LogP contribution is -2.42. The van der Waals surface area contributed by atoms with Crippen LogP contribution in [0.25, 0.3) is 17.0 Å². The number of para-hydroxylation sites is 1. The SMILES string of the molecule is COC(=O)C(Cc1c[nH]c2ccccc12)NC(=O)/C=C/c1ccco1. The number of hydrogen-bond donors (Lipinski definition) is 2. The molecule has 0 radical (unpaired) electrons. The molecule has 25 heavy (non-hydrogen) atoms. The molecule has 3 rings (SSSR count). The molecule has 3 aromatic rings.